The Bertz CT molecular complexity index is 654. The number of nitro groups is 1. The number of piperidine rings is 1. The van der Waals surface area contributed by atoms with Crippen LogP contribution in [0.3, 0.4) is 0 Å². The molecule has 0 radical (unpaired) electrons. The number of likely N-dealkylation sites (tertiary alicyclic amines) is 1. The van der Waals surface area contributed by atoms with Crippen molar-refractivity contribution in [1.82, 2.24) is 14.7 Å². The molecule has 1 fully saturated rings. The summed E-state index contributed by atoms with van der Waals surface area (Å²) in [5, 5.41) is 14.6. The van der Waals surface area contributed by atoms with E-state index in [0.717, 1.165) is 15.8 Å². The van der Waals surface area contributed by atoms with Gasteiger partial charge in [-0.05, 0) is 34.1 Å². The van der Waals surface area contributed by atoms with Gasteiger partial charge in [0.2, 0.25) is 0 Å². The highest BCUT2D eigenvalue weighted by atomic mass is 19.3. The van der Waals surface area contributed by atoms with Crippen molar-refractivity contribution in [1.29, 1.82) is 0 Å². The van der Waals surface area contributed by atoms with Crippen LogP contribution in [0.4, 0.5) is 19.3 Å². The third-order valence-corrected chi connectivity index (χ3v) is 3.72. The first-order chi connectivity index (χ1) is 10.9. The van der Waals surface area contributed by atoms with Crippen LogP contribution in [0, 0.1) is 17.0 Å². The summed E-state index contributed by atoms with van der Waals surface area (Å²) in [6.07, 6.45) is 0.0844. The van der Waals surface area contributed by atoms with Gasteiger partial charge in [0, 0.05) is 6.54 Å². The molecule has 0 N–H and O–H groups in total. The fourth-order valence-corrected chi connectivity index (χ4v) is 2.62. The normalized spacial score (nSPS) is 20.8. The Hall–Kier alpha value is -2.26. The van der Waals surface area contributed by atoms with Crippen molar-refractivity contribution in [2.45, 2.75) is 51.7 Å². The van der Waals surface area contributed by atoms with Crippen molar-refractivity contribution in [3.05, 3.63) is 22.0 Å². The number of hydrogen-bond donors (Lipinski definition) is 0. The molecule has 2 rings (SSSR count). The molecule has 1 aliphatic rings. The Morgan fingerprint density at radius 3 is 2.58 bits per heavy atom. The number of carbonyl (C=O) groups is 1. The number of rotatable bonds is 2. The maximum atomic E-state index is 14.5. The van der Waals surface area contributed by atoms with Crippen LogP contribution in [-0.4, -0.2) is 50.3 Å². The van der Waals surface area contributed by atoms with Crippen molar-refractivity contribution in [3.8, 4) is 0 Å². The lowest BCUT2D eigenvalue weighted by Gasteiger charge is -2.38. The summed E-state index contributed by atoms with van der Waals surface area (Å²) in [4.78, 5) is 23.1. The summed E-state index contributed by atoms with van der Waals surface area (Å²) < 4.78 is 35.1. The van der Waals surface area contributed by atoms with E-state index in [-0.39, 0.29) is 24.3 Å². The van der Waals surface area contributed by atoms with Gasteiger partial charge in [-0.1, -0.05) is 0 Å². The quantitative estimate of drug-likeness (QED) is 0.606. The topological polar surface area (TPSA) is 90.5 Å². The molecular weight excluding hydrogens is 326 g/mol. The zero-order valence-corrected chi connectivity index (χ0v) is 14.0. The lowest BCUT2D eigenvalue weighted by atomic mass is 10.0. The monoisotopic (exact) mass is 346 g/mol. The number of nitrogens with zero attached hydrogens (tertiary/aromatic N) is 4. The Labute approximate surface area is 137 Å². The van der Waals surface area contributed by atoms with Crippen LogP contribution in [0.1, 0.15) is 38.9 Å². The summed E-state index contributed by atoms with van der Waals surface area (Å²) in [5.41, 5.74) is -1.02. The Balaban J connectivity index is 2.18. The zero-order chi connectivity index (χ0) is 18.3. The molecule has 0 aliphatic carbocycles. The number of amides is 1. The summed E-state index contributed by atoms with van der Waals surface area (Å²) >= 11 is 0. The van der Waals surface area contributed by atoms with Crippen molar-refractivity contribution in [2.24, 2.45) is 0 Å². The number of aromatic nitrogens is 2. The molecule has 8 nitrogen and oxygen atoms in total. The van der Waals surface area contributed by atoms with Crippen LogP contribution >= 0.6 is 0 Å². The molecule has 1 amide bonds. The highest BCUT2D eigenvalue weighted by Crippen LogP contribution is 2.38. The van der Waals surface area contributed by atoms with Gasteiger partial charge in [0.25, 0.3) is 5.92 Å². The minimum absolute atomic E-state index is 0.0578. The number of ether oxygens (including phenoxy) is 1. The molecule has 0 bridgehead atoms. The first-order valence-electron chi connectivity index (χ1n) is 7.46. The van der Waals surface area contributed by atoms with Crippen LogP contribution in [0.5, 0.6) is 0 Å². The predicted octanol–water partition coefficient (Wildman–Crippen LogP) is 2.92. The second kappa shape index (κ2) is 5.99. The molecule has 1 aliphatic heterocycles. The molecule has 24 heavy (non-hydrogen) atoms. The van der Waals surface area contributed by atoms with Crippen molar-refractivity contribution in [2.75, 3.05) is 13.1 Å². The van der Waals surface area contributed by atoms with Gasteiger partial charge < -0.3 is 9.64 Å². The molecule has 0 spiro atoms. The average Bonchev–Trinajstić information content (AvgIpc) is 2.77. The Morgan fingerprint density at radius 2 is 2.12 bits per heavy atom. The molecule has 134 valence electrons. The largest absolute Gasteiger partial charge is 0.444 e. The molecule has 1 saturated heterocycles. The summed E-state index contributed by atoms with van der Waals surface area (Å²) in [7, 11) is 0. The van der Waals surface area contributed by atoms with Crippen LogP contribution in [0.15, 0.2) is 6.20 Å². The van der Waals surface area contributed by atoms with E-state index in [9.17, 15) is 23.7 Å². The van der Waals surface area contributed by atoms with Gasteiger partial charge in [0.1, 0.15) is 23.5 Å². The number of halogens is 2. The minimum atomic E-state index is -3.28. The van der Waals surface area contributed by atoms with E-state index in [2.05, 4.69) is 5.10 Å². The fraction of sp³-hybridized carbons (Fsp3) is 0.714. The van der Waals surface area contributed by atoms with E-state index in [1.165, 1.54) is 6.92 Å². The van der Waals surface area contributed by atoms with Gasteiger partial charge >= 0.3 is 11.8 Å². The van der Waals surface area contributed by atoms with Crippen molar-refractivity contribution in [3.63, 3.8) is 0 Å². The third kappa shape index (κ3) is 3.62. The van der Waals surface area contributed by atoms with E-state index in [4.69, 9.17) is 4.74 Å². The maximum absolute atomic E-state index is 14.5. The fourth-order valence-electron chi connectivity index (χ4n) is 2.62. The van der Waals surface area contributed by atoms with Gasteiger partial charge in [-0.15, -0.1) is 0 Å². The van der Waals surface area contributed by atoms with Crippen LogP contribution in [0.2, 0.25) is 0 Å². The van der Waals surface area contributed by atoms with Crippen molar-refractivity contribution >= 4 is 11.8 Å². The molecule has 0 saturated carbocycles. The van der Waals surface area contributed by atoms with E-state index in [1.54, 1.807) is 20.8 Å². The highest BCUT2D eigenvalue weighted by Gasteiger charge is 2.49. The molecule has 1 atom stereocenters. The zero-order valence-electron chi connectivity index (χ0n) is 14.0. The van der Waals surface area contributed by atoms with Crippen LogP contribution in [0.25, 0.3) is 0 Å². The van der Waals surface area contributed by atoms with Gasteiger partial charge in [0.15, 0.2) is 0 Å². The lowest BCUT2D eigenvalue weighted by molar-refractivity contribution is -0.385. The lowest BCUT2D eigenvalue weighted by Crippen LogP contribution is -2.52. The highest BCUT2D eigenvalue weighted by molar-refractivity contribution is 5.68. The first kappa shape index (κ1) is 18.1. The maximum Gasteiger partial charge on any atom is 0.410 e. The first-order valence-corrected chi connectivity index (χ1v) is 7.46. The molecule has 1 aromatic heterocycles. The Kier molecular flexibility index (Phi) is 4.51. The summed E-state index contributed by atoms with van der Waals surface area (Å²) in [6, 6.07) is -1.34. The third-order valence-electron chi connectivity index (χ3n) is 3.72. The van der Waals surface area contributed by atoms with E-state index >= 15 is 0 Å². The van der Waals surface area contributed by atoms with Gasteiger partial charge in [-0.2, -0.15) is 5.10 Å². The Morgan fingerprint density at radius 1 is 1.50 bits per heavy atom. The molecule has 2 heterocycles. The minimum Gasteiger partial charge on any atom is -0.444 e. The molecule has 1 aromatic rings. The van der Waals surface area contributed by atoms with Crippen LogP contribution < -0.4 is 0 Å². The standard InChI is InChI=1S/C14H20F2N4O4/c1-9-10(20(22)23)7-17-19(9)11-5-6-18(8-14(11,15)16)12(21)24-13(2,3)4/h7,11H,5-6,8H2,1-4H3. The molecule has 1 unspecified atom stereocenters. The second-order valence-corrected chi connectivity index (χ2v) is 6.78. The predicted molar refractivity (Wildman–Crippen MR) is 80.0 cm³/mol. The SMILES string of the molecule is Cc1c([N+](=O)[O-])cnn1C1CCN(C(=O)OC(C)(C)C)CC1(F)F. The second-order valence-electron chi connectivity index (χ2n) is 6.78. The molecule has 0 aromatic carbocycles. The smallest absolute Gasteiger partial charge is 0.410 e. The van der Waals surface area contributed by atoms with E-state index < -0.39 is 35.1 Å². The van der Waals surface area contributed by atoms with Gasteiger partial charge in [-0.3, -0.25) is 14.8 Å². The number of hydrogen-bond acceptors (Lipinski definition) is 5. The van der Waals surface area contributed by atoms with E-state index in [0.29, 0.717) is 0 Å². The van der Waals surface area contributed by atoms with Gasteiger partial charge in [0.05, 0.1) is 11.5 Å². The van der Waals surface area contributed by atoms with Crippen molar-refractivity contribution < 1.29 is 23.2 Å². The summed E-state index contributed by atoms with van der Waals surface area (Å²) in [5.74, 6) is -3.28. The molecular formula is C14H20F2N4O4. The average molecular weight is 346 g/mol. The number of alkyl halides is 2. The van der Waals surface area contributed by atoms with E-state index in [1.807, 2.05) is 0 Å². The van der Waals surface area contributed by atoms with Gasteiger partial charge in [-0.25, -0.2) is 13.6 Å². The molecule has 10 heteroatoms. The number of carbonyl (C=O) groups excluding carboxylic acids is 1. The summed E-state index contributed by atoms with van der Waals surface area (Å²) in [6.45, 7) is 5.58. The van der Waals surface area contributed by atoms with Crippen LogP contribution in [-0.2, 0) is 4.74 Å².